The first-order valence-electron chi connectivity index (χ1n) is 2.65. The summed E-state index contributed by atoms with van der Waals surface area (Å²) in [6, 6.07) is 0. The first-order chi connectivity index (χ1) is 3.00. The minimum atomic E-state index is 0. The molecule has 0 unspecified atom stereocenters. The fourth-order valence-electron chi connectivity index (χ4n) is 0.760. The second-order valence-electron chi connectivity index (χ2n) is 1.76. The van der Waals surface area contributed by atoms with E-state index in [1.807, 2.05) is 0 Å². The molecule has 1 rings (SSSR count). The Kier molecular flexibility index (Phi) is 4.86. The van der Waals surface area contributed by atoms with E-state index in [4.69, 9.17) is 0 Å². The zero-order valence-electron chi connectivity index (χ0n) is 4.30. The van der Waals surface area contributed by atoms with Gasteiger partial charge in [0.25, 0.3) is 0 Å². The van der Waals surface area contributed by atoms with E-state index in [1.165, 1.54) is 25.7 Å². The molecule has 0 nitrogen and oxygen atoms in total. The van der Waals surface area contributed by atoms with Crippen LogP contribution in [0.25, 0.3) is 0 Å². The Morgan fingerprint density at radius 1 is 0.857 bits per heavy atom. The van der Waals surface area contributed by atoms with Crippen LogP contribution in [0.5, 0.6) is 0 Å². The van der Waals surface area contributed by atoms with Crippen molar-refractivity contribution in [2.24, 2.45) is 0 Å². The molecule has 0 aromatic rings. The number of allylic oxidation sites excluding steroid dienone is 2. The third-order valence-electron chi connectivity index (χ3n) is 1.16. The van der Waals surface area contributed by atoms with Gasteiger partial charge in [0.15, 0.2) is 0 Å². The Bertz CT molecular complexity index is 49.2. The van der Waals surface area contributed by atoms with Crippen molar-refractivity contribution in [2.45, 2.75) is 25.7 Å². The van der Waals surface area contributed by atoms with Gasteiger partial charge in [0.1, 0.15) is 0 Å². The van der Waals surface area contributed by atoms with E-state index in [2.05, 4.69) is 12.2 Å². The molecule has 0 aromatic carbocycles. The molecule has 0 aromatic heterocycles. The van der Waals surface area contributed by atoms with Crippen LogP contribution in [-0.4, -0.2) is 0 Å². The van der Waals surface area contributed by atoms with E-state index < -0.39 is 0 Å². The first kappa shape index (κ1) is 7.43. The molecule has 1 aliphatic carbocycles. The van der Waals surface area contributed by atoms with Crippen molar-refractivity contribution in [3.05, 3.63) is 12.2 Å². The average Bonchev–Trinajstić information content (AvgIpc) is 1.72. The first-order valence-corrected chi connectivity index (χ1v) is 2.65. The van der Waals surface area contributed by atoms with Crippen molar-refractivity contribution in [3.8, 4) is 0 Å². The molecule has 0 spiro atoms. The molecule has 44 valence electrons. The van der Waals surface area contributed by atoms with Gasteiger partial charge in [0.05, 0.1) is 0 Å². The number of hydrogen-bond donors (Lipinski definition) is 0. The van der Waals surface area contributed by atoms with Gasteiger partial charge in [0.2, 0.25) is 0 Å². The van der Waals surface area contributed by atoms with Crippen LogP contribution in [-0.2, 0) is 21.1 Å². The quantitative estimate of drug-likeness (QED) is 0.595. The maximum atomic E-state index is 2.27. The topological polar surface area (TPSA) is 0 Å². The van der Waals surface area contributed by atoms with Gasteiger partial charge in [-0.05, 0) is 25.7 Å². The molecular weight excluding hydrogens is 267 g/mol. The Morgan fingerprint density at radius 2 is 1.29 bits per heavy atom. The molecule has 0 saturated carbocycles. The van der Waals surface area contributed by atoms with Crippen LogP contribution >= 0.6 is 0 Å². The van der Waals surface area contributed by atoms with Crippen LogP contribution < -0.4 is 0 Å². The van der Waals surface area contributed by atoms with E-state index in [0.717, 1.165) is 0 Å². The molecule has 1 aliphatic rings. The van der Waals surface area contributed by atoms with Crippen molar-refractivity contribution in [1.82, 2.24) is 0 Å². The van der Waals surface area contributed by atoms with Crippen molar-refractivity contribution < 1.29 is 21.1 Å². The Labute approximate surface area is 59.3 Å². The SMILES string of the molecule is C1=CCCCC1.[Pt]. The fourth-order valence-corrected chi connectivity index (χ4v) is 0.760. The van der Waals surface area contributed by atoms with Gasteiger partial charge < -0.3 is 0 Å². The normalized spacial score (nSPS) is 18.3. The molecule has 0 radical (unpaired) electrons. The van der Waals surface area contributed by atoms with E-state index in [0.29, 0.717) is 0 Å². The Balaban J connectivity index is 0.000000360. The van der Waals surface area contributed by atoms with Gasteiger partial charge in [-0.25, -0.2) is 0 Å². The Hall–Kier alpha value is 0.428. The molecule has 0 aliphatic heterocycles. The van der Waals surface area contributed by atoms with Gasteiger partial charge in [-0.2, -0.15) is 0 Å². The van der Waals surface area contributed by atoms with Crippen molar-refractivity contribution in [1.29, 1.82) is 0 Å². The monoisotopic (exact) mass is 277 g/mol. The number of rotatable bonds is 0. The third kappa shape index (κ3) is 3.05. The van der Waals surface area contributed by atoms with Gasteiger partial charge in [-0.1, -0.05) is 12.2 Å². The maximum absolute atomic E-state index is 2.27. The van der Waals surface area contributed by atoms with Crippen LogP contribution in [0.15, 0.2) is 12.2 Å². The summed E-state index contributed by atoms with van der Waals surface area (Å²) >= 11 is 0. The second kappa shape index (κ2) is 4.58. The van der Waals surface area contributed by atoms with Gasteiger partial charge in [0, 0.05) is 21.1 Å². The zero-order chi connectivity index (χ0) is 4.24. The second-order valence-corrected chi connectivity index (χ2v) is 1.76. The predicted molar refractivity (Wildman–Crippen MR) is 27.6 cm³/mol. The number of hydrogen-bond acceptors (Lipinski definition) is 0. The van der Waals surface area contributed by atoms with E-state index >= 15 is 0 Å². The molecular formula is C6H10Pt. The summed E-state index contributed by atoms with van der Waals surface area (Å²) in [5.41, 5.74) is 0. The minimum Gasteiger partial charge on any atom is -0.0885 e. The average molecular weight is 277 g/mol. The predicted octanol–water partition coefficient (Wildman–Crippen LogP) is 2.11. The molecule has 0 saturated heterocycles. The third-order valence-corrected chi connectivity index (χ3v) is 1.16. The van der Waals surface area contributed by atoms with Crippen LogP contribution in [0.3, 0.4) is 0 Å². The summed E-state index contributed by atoms with van der Waals surface area (Å²) in [5.74, 6) is 0. The van der Waals surface area contributed by atoms with Crippen LogP contribution in [0.4, 0.5) is 0 Å². The van der Waals surface area contributed by atoms with Crippen LogP contribution in [0, 0.1) is 0 Å². The molecule has 7 heavy (non-hydrogen) atoms. The summed E-state index contributed by atoms with van der Waals surface area (Å²) in [7, 11) is 0. The molecule has 0 bridgehead atoms. The van der Waals surface area contributed by atoms with E-state index in [9.17, 15) is 0 Å². The van der Waals surface area contributed by atoms with Gasteiger partial charge >= 0.3 is 0 Å². The summed E-state index contributed by atoms with van der Waals surface area (Å²) in [5, 5.41) is 0. The fraction of sp³-hybridized carbons (Fsp3) is 0.667. The van der Waals surface area contributed by atoms with Crippen molar-refractivity contribution in [2.75, 3.05) is 0 Å². The molecule has 1 heteroatoms. The summed E-state index contributed by atoms with van der Waals surface area (Å²) < 4.78 is 0. The minimum absolute atomic E-state index is 0. The summed E-state index contributed by atoms with van der Waals surface area (Å²) in [4.78, 5) is 0. The van der Waals surface area contributed by atoms with Crippen molar-refractivity contribution in [3.63, 3.8) is 0 Å². The van der Waals surface area contributed by atoms with E-state index in [1.54, 1.807) is 0 Å². The van der Waals surface area contributed by atoms with Crippen LogP contribution in [0.2, 0.25) is 0 Å². The standard InChI is InChI=1S/C6H10.Pt/c1-2-4-6-5-3-1;/h1-2H,3-6H2;. The Morgan fingerprint density at radius 3 is 1.43 bits per heavy atom. The molecule has 0 heterocycles. The molecule has 0 atom stereocenters. The van der Waals surface area contributed by atoms with Crippen LogP contribution in [0.1, 0.15) is 25.7 Å². The van der Waals surface area contributed by atoms with Crippen molar-refractivity contribution >= 4 is 0 Å². The molecule has 0 fully saturated rings. The zero-order valence-corrected chi connectivity index (χ0v) is 6.57. The maximum Gasteiger partial charge on any atom is 0 e. The van der Waals surface area contributed by atoms with Gasteiger partial charge in [-0.3, -0.25) is 0 Å². The van der Waals surface area contributed by atoms with E-state index in [-0.39, 0.29) is 21.1 Å². The smallest absolute Gasteiger partial charge is 0 e. The van der Waals surface area contributed by atoms with Gasteiger partial charge in [-0.15, -0.1) is 0 Å². The molecule has 0 N–H and O–H groups in total. The summed E-state index contributed by atoms with van der Waals surface area (Å²) in [6.45, 7) is 0. The largest absolute Gasteiger partial charge is 0.0885 e. The molecule has 0 amide bonds. The summed E-state index contributed by atoms with van der Waals surface area (Å²) in [6.07, 6.45) is 10.0.